The largest absolute Gasteiger partial charge is 0.347 e. The number of hydrogen-bond acceptors (Lipinski definition) is 6. The third kappa shape index (κ3) is 3.53. The Morgan fingerprint density at radius 1 is 1.26 bits per heavy atom. The minimum atomic E-state index is -3.05. The quantitative estimate of drug-likeness (QED) is 0.865. The van der Waals surface area contributed by atoms with Gasteiger partial charge in [0.15, 0.2) is 9.84 Å². The molecule has 1 amide bonds. The molecule has 2 atom stereocenters. The fourth-order valence-corrected chi connectivity index (χ4v) is 5.55. The average Bonchev–Trinajstić information content (AvgIpc) is 3.12. The summed E-state index contributed by atoms with van der Waals surface area (Å²) in [6.07, 6.45) is 1.36. The van der Waals surface area contributed by atoms with E-state index in [9.17, 15) is 13.2 Å². The van der Waals surface area contributed by atoms with Crippen molar-refractivity contribution in [1.82, 2.24) is 15.3 Å². The number of aryl methyl sites for hydroxylation is 1. The van der Waals surface area contributed by atoms with Gasteiger partial charge in [0, 0.05) is 23.8 Å². The summed E-state index contributed by atoms with van der Waals surface area (Å²) < 4.78 is 23.2. The van der Waals surface area contributed by atoms with Gasteiger partial charge in [-0.2, -0.15) is 0 Å². The number of amides is 1. The number of anilines is 2. The number of benzene rings is 1. The third-order valence-electron chi connectivity index (χ3n) is 5.08. The minimum absolute atomic E-state index is 0.00774. The molecule has 1 saturated heterocycles. The lowest BCUT2D eigenvalue weighted by Gasteiger charge is -2.24. The number of nitrogens with one attached hydrogen (secondary N) is 1. The van der Waals surface area contributed by atoms with Crippen LogP contribution in [0.1, 0.15) is 35.2 Å². The summed E-state index contributed by atoms with van der Waals surface area (Å²) in [6, 6.07) is 9.74. The molecule has 2 aromatic rings. The Balaban J connectivity index is 1.62. The van der Waals surface area contributed by atoms with Crippen molar-refractivity contribution in [1.29, 1.82) is 0 Å². The van der Waals surface area contributed by atoms with E-state index in [-0.39, 0.29) is 35.2 Å². The maximum absolute atomic E-state index is 12.6. The van der Waals surface area contributed by atoms with Gasteiger partial charge in [-0.15, -0.1) is 0 Å². The highest BCUT2D eigenvalue weighted by Gasteiger charge is 2.31. The Bertz CT molecular complexity index is 1010. The van der Waals surface area contributed by atoms with Crippen LogP contribution in [0.4, 0.5) is 11.5 Å². The highest BCUT2D eigenvalue weighted by molar-refractivity contribution is 7.91. The molecule has 0 bridgehead atoms. The molecule has 27 heavy (non-hydrogen) atoms. The normalized spacial score (nSPS) is 23.3. The molecule has 142 valence electrons. The molecule has 1 N–H and O–H groups in total. The molecule has 2 unspecified atom stereocenters. The summed E-state index contributed by atoms with van der Waals surface area (Å²) in [7, 11) is -3.05. The third-order valence-corrected chi connectivity index (χ3v) is 6.85. The lowest BCUT2D eigenvalue weighted by atomic mass is 10.1. The van der Waals surface area contributed by atoms with Crippen molar-refractivity contribution in [3.8, 4) is 0 Å². The molecule has 0 spiro atoms. The van der Waals surface area contributed by atoms with E-state index in [4.69, 9.17) is 0 Å². The zero-order valence-electron chi connectivity index (χ0n) is 15.3. The van der Waals surface area contributed by atoms with Crippen molar-refractivity contribution < 1.29 is 13.2 Å². The first-order valence-corrected chi connectivity index (χ1v) is 10.9. The Morgan fingerprint density at radius 3 is 2.78 bits per heavy atom. The first-order valence-electron chi connectivity index (χ1n) is 9.06. The summed E-state index contributed by atoms with van der Waals surface area (Å²) >= 11 is 0. The van der Waals surface area contributed by atoms with Crippen molar-refractivity contribution >= 4 is 27.2 Å². The van der Waals surface area contributed by atoms with E-state index in [1.165, 1.54) is 5.56 Å². The van der Waals surface area contributed by atoms with Gasteiger partial charge in [0.1, 0.15) is 17.3 Å². The van der Waals surface area contributed by atoms with Crippen molar-refractivity contribution in [3.05, 3.63) is 47.4 Å². The number of para-hydroxylation sites is 1. The number of fused-ring (bicyclic) bond motifs is 1. The maximum Gasteiger partial charge on any atom is 0.270 e. The molecule has 1 fully saturated rings. The van der Waals surface area contributed by atoms with Gasteiger partial charge in [-0.3, -0.25) is 4.79 Å². The number of nitrogens with zero attached hydrogens (tertiary/aromatic N) is 3. The fourth-order valence-electron chi connectivity index (χ4n) is 3.87. The second-order valence-electron chi connectivity index (χ2n) is 7.28. The Labute approximate surface area is 158 Å². The molecule has 0 saturated carbocycles. The van der Waals surface area contributed by atoms with Crippen LogP contribution in [0.3, 0.4) is 0 Å². The standard InChI is InChI=1S/C19H22N4O3S/c1-12-9-14-5-3-4-6-17(14)23(12)18-10-16(20-13(2)21-18)19(24)22-15-7-8-27(25,26)11-15/h3-6,10,12,15H,7-9,11H2,1-2H3,(H,22,24). The van der Waals surface area contributed by atoms with Crippen LogP contribution in [0, 0.1) is 6.92 Å². The molecule has 1 aromatic carbocycles. The molecule has 7 nitrogen and oxygen atoms in total. The number of aromatic nitrogens is 2. The second-order valence-corrected chi connectivity index (χ2v) is 9.51. The first-order chi connectivity index (χ1) is 12.8. The van der Waals surface area contributed by atoms with E-state index in [1.807, 2.05) is 12.1 Å². The Morgan fingerprint density at radius 2 is 2.04 bits per heavy atom. The van der Waals surface area contributed by atoms with Crippen LogP contribution in [-0.4, -0.2) is 47.9 Å². The summed E-state index contributed by atoms with van der Waals surface area (Å²) in [5.41, 5.74) is 2.61. The van der Waals surface area contributed by atoms with Crippen molar-refractivity contribution in [2.24, 2.45) is 0 Å². The van der Waals surface area contributed by atoms with Crippen LogP contribution in [0.25, 0.3) is 0 Å². The predicted octanol–water partition coefficient (Wildman–Crippen LogP) is 1.78. The fraction of sp³-hybridized carbons (Fsp3) is 0.421. The molecule has 4 rings (SSSR count). The molecule has 2 aliphatic rings. The van der Waals surface area contributed by atoms with Gasteiger partial charge >= 0.3 is 0 Å². The number of carbonyl (C=O) groups excluding carboxylic acids is 1. The number of rotatable bonds is 3. The Hall–Kier alpha value is -2.48. The van der Waals surface area contributed by atoms with Crippen LogP contribution in [0.2, 0.25) is 0 Å². The van der Waals surface area contributed by atoms with Gasteiger partial charge in [0.05, 0.1) is 11.5 Å². The van der Waals surface area contributed by atoms with Crippen molar-refractivity contribution in [3.63, 3.8) is 0 Å². The highest BCUT2D eigenvalue weighted by atomic mass is 32.2. The zero-order chi connectivity index (χ0) is 19.2. The Kier molecular flexibility index (Phi) is 4.38. The molecule has 1 aromatic heterocycles. The monoisotopic (exact) mass is 386 g/mol. The second kappa shape index (κ2) is 6.60. The lowest BCUT2D eigenvalue weighted by molar-refractivity contribution is 0.0935. The highest BCUT2D eigenvalue weighted by Crippen LogP contribution is 2.37. The SMILES string of the molecule is Cc1nc(C(=O)NC2CCS(=O)(=O)C2)cc(N2c3ccccc3CC2C)n1. The van der Waals surface area contributed by atoms with E-state index in [1.54, 1.807) is 13.0 Å². The van der Waals surface area contributed by atoms with E-state index in [0.717, 1.165) is 12.1 Å². The van der Waals surface area contributed by atoms with Crippen LogP contribution in [0.5, 0.6) is 0 Å². The molecule has 3 heterocycles. The number of sulfone groups is 1. The molecular weight excluding hydrogens is 364 g/mol. The molecule has 0 radical (unpaired) electrons. The summed E-state index contributed by atoms with van der Waals surface area (Å²) in [5, 5.41) is 2.80. The van der Waals surface area contributed by atoms with Crippen LogP contribution in [0.15, 0.2) is 30.3 Å². The molecular formula is C19H22N4O3S. The predicted molar refractivity (Wildman–Crippen MR) is 103 cm³/mol. The maximum atomic E-state index is 12.6. The summed E-state index contributed by atoms with van der Waals surface area (Å²) in [4.78, 5) is 23.6. The van der Waals surface area contributed by atoms with Gasteiger partial charge < -0.3 is 10.2 Å². The number of carbonyl (C=O) groups is 1. The minimum Gasteiger partial charge on any atom is -0.347 e. The van der Waals surface area contributed by atoms with E-state index in [0.29, 0.717) is 18.1 Å². The van der Waals surface area contributed by atoms with E-state index >= 15 is 0 Å². The smallest absolute Gasteiger partial charge is 0.270 e. The van der Waals surface area contributed by atoms with Gasteiger partial charge in [-0.05, 0) is 38.3 Å². The van der Waals surface area contributed by atoms with Gasteiger partial charge in [-0.1, -0.05) is 18.2 Å². The van der Waals surface area contributed by atoms with Crippen LogP contribution >= 0.6 is 0 Å². The first kappa shape index (κ1) is 17.9. The van der Waals surface area contributed by atoms with Gasteiger partial charge in [0.2, 0.25) is 0 Å². The van der Waals surface area contributed by atoms with Gasteiger partial charge in [0.25, 0.3) is 5.91 Å². The zero-order valence-corrected chi connectivity index (χ0v) is 16.2. The van der Waals surface area contributed by atoms with Crippen LogP contribution < -0.4 is 10.2 Å². The molecule has 0 aliphatic carbocycles. The molecule has 8 heteroatoms. The topological polar surface area (TPSA) is 92.3 Å². The summed E-state index contributed by atoms with van der Waals surface area (Å²) in [6.45, 7) is 3.88. The van der Waals surface area contributed by atoms with Crippen molar-refractivity contribution in [2.75, 3.05) is 16.4 Å². The van der Waals surface area contributed by atoms with Crippen molar-refractivity contribution in [2.45, 2.75) is 38.8 Å². The average molecular weight is 386 g/mol. The molecule has 2 aliphatic heterocycles. The lowest BCUT2D eigenvalue weighted by Crippen LogP contribution is -2.36. The summed E-state index contributed by atoms with van der Waals surface area (Å²) in [5.74, 6) is 0.946. The van der Waals surface area contributed by atoms with E-state index in [2.05, 4.69) is 39.2 Å². The number of hydrogen-bond donors (Lipinski definition) is 1. The van der Waals surface area contributed by atoms with E-state index < -0.39 is 9.84 Å². The van der Waals surface area contributed by atoms with Crippen LogP contribution in [-0.2, 0) is 16.3 Å². The van der Waals surface area contributed by atoms with Gasteiger partial charge in [-0.25, -0.2) is 18.4 Å².